The van der Waals surface area contributed by atoms with Crippen molar-refractivity contribution < 1.29 is 9.34 Å². The lowest BCUT2D eigenvalue weighted by atomic mass is 9.99. The molecule has 1 aromatic heterocycles. The smallest absolute Gasteiger partial charge is 0.269 e. The van der Waals surface area contributed by atoms with Crippen molar-refractivity contribution in [2.75, 3.05) is 13.1 Å². The van der Waals surface area contributed by atoms with Crippen molar-refractivity contribution in [3.05, 3.63) is 40.3 Å². The third-order valence-corrected chi connectivity index (χ3v) is 4.36. The van der Waals surface area contributed by atoms with Crippen LogP contribution in [0.4, 0.5) is 5.69 Å². The quantitative estimate of drug-likeness (QED) is 0.634. The van der Waals surface area contributed by atoms with Crippen molar-refractivity contribution >= 4 is 5.69 Å². The van der Waals surface area contributed by atoms with Crippen LogP contribution in [0.1, 0.15) is 38.6 Å². The van der Waals surface area contributed by atoms with Crippen LogP contribution in [-0.2, 0) is 0 Å². The monoisotopic (exact) mass is 316 g/mol. The first-order valence-corrected chi connectivity index (χ1v) is 7.87. The number of hydrogen-bond donors (Lipinski definition) is 0. The molecule has 0 amide bonds. The van der Waals surface area contributed by atoms with Gasteiger partial charge in [0.15, 0.2) is 0 Å². The van der Waals surface area contributed by atoms with Gasteiger partial charge >= 0.3 is 0 Å². The number of benzene rings is 1. The van der Waals surface area contributed by atoms with E-state index in [1.54, 1.807) is 12.1 Å². The summed E-state index contributed by atoms with van der Waals surface area (Å²) in [6.45, 7) is 6.41. The van der Waals surface area contributed by atoms with Crippen molar-refractivity contribution in [3.63, 3.8) is 0 Å². The van der Waals surface area contributed by atoms with Gasteiger partial charge in [0, 0.05) is 24.2 Å². The summed E-state index contributed by atoms with van der Waals surface area (Å²) in [6.07, 6.45) is 2.45. The highest BCUT2D eigenvalue weighted by atomic mass is 16.6. The molecule has 122 valence electrons. The molecule has 3 rings (SSSR count). The van der Waals surface area contributed by atoms with Gasteiger partial charge in [-0.1, -0.05) is 6.92 Å². The third kappa shape index (κ3) is 3.39. The fourth-order valence-corrected chi connectivity index (χ4v) is 2.98. The molecular weight excluding hydrogens is 296 g/mol. The highest BCUT2D eigenvalue weighted by Gasteiger charge is 2.25. The maximum absolute atomic E-state index is 10.7. The summed E-state index contributed by atoms with van der Waals surface area (Å²) < 4.78 is 5.79. The molecule has 7 heteroatoms. The van der Waals surface area contributed by atoms with Crippen LogP contribution in [0, 0.1) is 16.0 Å². The molecule has 0 spiro atoms. The summed E-state index contributed by atoms with van der Waals surface area (Å²) in [4.78, 5) is 12.6. The average Bonchev–Trinajstić information content (AvgIpc) is 3.04. The minimum absolute atomic E-state index is 0.0455. The Labute approximate surface area is 134 Å². The van der Waals surface area contributed by atoms with Crippen LogP contribution >= 0.6 is 0 Å². The zero-order chi connectivity index (χ0) is 16.4. The molecule has 0 bridgehead atoms. The number of aromatic nitrogens is 2. The number of nitrogens with zero attached hydrogens (tertiary/aromatic N) is 4. The van der Waals surface area contributed by atoms with E-state index in [4.69, 9.17) is 4.42 Å². The topological polar surface area (TPSA) is 85.3 Å². The van der Waals surface area contributed by atoms with Crippen LogP contribution in [-0.4, -0.2) is 33.1 Å². The van der Waals surface area contributed by atoms with Gasteiger partial charge in [0.2, 0.25) is 11.8 Å². The second kappa shape index (κ2) is 6.45. The summed E-state index contributed by atoms with van der Waals surface area (Å²) >= 11 is 0. The van der Waals surface area contributed by atoms with Gasteiger partial charge in [0.1, 0.15) is 0 Å². The maximum atomic E-state index is 10.7. The molecule has 1 aliphatic rings. The summed E-state index contributed by atoms with van der Waals surface area (Å²) in [6, 6.07) is 6.22. The number of hydrogen-bond acceptors (Lipinski definition) is 6. The van der Waals surface area contributed by atoms with Crippen LogP contribution in [0.3, 0.4) is 0 Å². The largest absolute Gasteiger partial charge is 0.419 e. The van der Waals surface area contributed by atoms with Gasteiger partial charge in [-0.15, -0.1) is 10.2 Å². The third-order valence-electron chi connectivity index (χ3n) is 4.36. The van der Waals surface area contributed by atoms with Crippen LogP contribution in [0.15, 0.2) is 28.7 Å². The first-order chi connectivity index (χ1) is 11.0. The fourth-order valence-electron chi connectivity index (χ4n) is 2.98. The highest BCUT2D eigenvalue weighted by Crippen LogP contribution is 2.28. The predicted molar refractivity (Wildman–Crippen MR) is 84.8 cm³/mol. The summed E-state index contributed by atoms with van der Waals surface area (Å²) in [5.41, 5.74) is 0.734. The Morgan fingerprint density at radius 3 is 2.74 bits per heavy atom. The van der Waals surface area contributed by atoms with E-state index in [2.05, 4.69) is 28.9 Å². The number of nitro groups is 1. The molecule has 0 N–H and O–H groups in total. The van der Waals surface area contributed by atoms with Crippen molar-refractivity contribution in [1.82, 2.24) is 15.1 Å². The lowest BCUT2D eigenvalue weighted by Crippen LogP contribution is -2.36. The lowest BCUT2D eigenvalue weighted by molar-refractivity contribution is -0.384. The van der Waals surface area contributed by atoms with E-state index in [1.165, 1.54) is 25.0 Å². The number of rotatable bonds is 4. The first kappa shape index (κ1) is 15.6. The molecule has 1 aliphatic heterocycles. The average molecular weight is 316 g/mol. The van der Waals surface area contributed by atoms with E-state index in [-0.39, 0.29) is 11.7 Å². The lowest BCUT2D eigenvalue weighted by Gasteiger charge is -2.33. The summed E-state index contributed by atoms with van der Waals surface area (Å²) in [5.74, 6) is 1.67. The van der Waals surface area contributed by atoms with Gasteiger partial charge in [0.25, 0.3) is 5.69 Å². The van der Waals surface area contributed by atoms with Gasteiger partial charge in [-0.05, 0) is 44.4 Å². The van der Waals surface area contributed by atoms with Crippen LogP contribution in [0.5, 0.6) is 0 Å². The van der Waals surface area contributed by atoms with E-state index in [0.717, 1.165) is 13.1 Å². The second-order valence-electron chi connectivity index (χ2n) is 6.17. The van der Waals surface area contributed by atoms with Crippen molar-refractivity contribution in [3.8, 4) is 11.5 Å². The van der Waals surface area contributed by atoms with Crippen molar-refractivity contribution in [2.24, 2.45) is 5.92 Å². The molecule has 2 heterocycles. The Hall–Kier alpha value is -2.28. The molecule has 7 nitrogen and oxygen atoms in total. The van der Waals surface area contributed by atoms with E-state index in [0.29, 0.717) is 23.3 Å². The minimum atomic E-state index is -0.428. The first-order valence-electron chi connectivity index (χ1n) is 7.87. The van der Waals surface area contributed by atoms with Gasteiger partial charge in [-0.2, -0.15) is 0 Å². The minimum Gasteiger partial charge on any atom is -0.419 e. The Morgan fingerprint density at radius 1 is 1.35 bits per heavy atom. The Bertz CT molecular complexity index is 683. The second-order valence-corrected chi connectivity index (χ2v) is 6.17. The standard InChI is InChI=1S/C16H20N4O3/c1-11-4-3-9-19(10-11)12(2)15-17-18-16(23-15)13-5-7-14(8-6-13)20(21)22/h5-8,11-12H,3-4,9-10H2,1-2H3/t11-,12+/m1/s1. The number of likely N-dealkylation sites (tertiary alicyclic amines) is 1. The Kier molecular flexibility index (Phi) is 4.38. The highest BCUT2D eigenvalue weighted by molar-refractivity contribution is 5.55. The zero-order valence-corrected chi connectivity index (χ0v) is 13.3. The molecule has 2 atom stereocenters. The van der Waals surface area contributed by atoms with E-state index in [1.807, 2.05) is 0 Å². The molecule has 0 aliphatic carbocycles. The SMILES string of the molecule is C[C@@H]1CCCN([C@@H](C)c2nnc(-c3ccc([N+](=O)[O-])cc3)o2)C1. The molecule has 0 saturated carbocycles. The number of piperidine rings is 1. The van der Waals surface area contributed by atoms with E-state index < -0.39 is 4.92 Å². The van der Waals surface area contributed by atoms with E-state index >= 15 is 0 Å². The number of non-ortho nitro benzene ring substituents is 1. The summed E-state index contributed by atoms with van der Waals surface area (Å²) in [7, 11) is 0. The fraction of sp³-hybridized carbons (Fsp3) is 0.500. The van der Waals surface area contributed by atoms with E-state index in [9.17, 15) is 10.1 Å². The normalized spacial score (nSPS) is 20.3. The predicted octanol–water partition coefficient (Wildman–Crippen LogP) is 3.44. The van der Waals surface area contributed by atoms with Gasteiger partial charge in [0.05, 0.1) is 11.0 Å². The summed E-state index contributed by atoms with van der Waals surface area (Å²) in [5, 5.41) is 18.9. The maximum Gasteiger partial charge on any atom is 0.269 e. The van der Waals surface area contributed by atoms with Crippen molar-refractivity contribution in [2.45, 2.75) is 32.7 Å². The van der Waals surface area contributed by atoms with Gasteiger partial charge in [-0.3, -0.25) is 15.0 Å². The molecule has 1 aromatic carbocycles. The zero-order valence-electron chi connectivity index (χ0n) is 13.3. The van der Waals surface area contributed by atoms with Crippen LogP contribution < -0.4 is 0 Å². The van der Waals surface area contributed by atoms with Gasteiger partial charge < -0.3 is 4.42 Å². The molecule has 2 aromatic rings. The Morgan fingerprint density at radius 2 is 2.09 bits per heavy atom. The Balaban J connectivity index is 1.75. The van der Waals surface area contributed by atoms with Crippen LogP contribution in [0.25, 0.3) is 11.5 Å². The van der Waals surface area contributed by atoms with Crippen molar-refractivity contribution in [1.29, 1.82) is 0 Å². The molecule has 1 saturated heterocycles. The van der Waals surface area contributed by atoms with Crippen LogP contribution in [0.2, 0.25) is 0 Å². The number of nitro benzene ring substituents is 1. The van der Waals surface area contributed by atoms with Gasteiger partial charge in [-0.25, -0.2) is 0 Å². The molecule has 0 unspecified atom stereocenters. The molecule has 0 radical (unpaired) electrons. The molecule has 1 fully saturated rings. The molecule has 23 heavy (non-hydrogen) atoms. The molecular formula is C16H20N4O3.